The Balaban J connectivity index is 1.92. The first-order valence-electron chi connectivity index (χ1n) is 6.85. The molecule has 0 aliphatic heterocycles. The molecule has 2 rings (SSSR count). The first-order chi connectivity index (χ1) is 9.06. The van der Waals surface area contributed by atoms with E-state index < -0.39 is 5.91 Å². The Labute approximate surface area is 113 Å². The number of rotatable bonds is 4. The zero-order valence-electron chi connectivity index (χ0n) is 11.4. The molecule has 0 bridgehead atoms. The molecule has 1 heterocycles. The minimum atomic E-state index is -0.519. The van der Waals surface area contributed by atoms with Crippen molar-refractivity contribution in [1.82, 2.24) is 4.98 Å². The number of hydrogen-bond acceptors (Lipinski definition) is 4. The highest BCUT2D eigenvalue weighted by Gasteiger charge is 2.18. The fraction of sp³-hybridized carbons (Fsp3) is 0.571. The Morgan fingerprint density at radius 1 is 1.42 bits per heavy atom. The number of carbonyl (C=O) groups excluding carboxylic acids is 1. The van der Waals surface area contributed by atoms with Crippen LogP contribution in [0.25, 0.3) is 0 Å². The van der Waals surface area contributed by atoms with Gasteiger partial charge < -0.3 is 16.8 Å². The van der Waals surface area contributed by atoms with Gasteiger partial charge in [0.2, 0.25) is 0 Å². The van der Waals surface area contributed by atoms with Gasteiger partial charge in [-0.2, -0.15) is 0 Å². The van der Waals surface area contributed by atoms with Crippen molar-refractivity contribution in [2.24, 2.45) is 17.6 Å². The van der Waals surface area contributed by atoms with E-state index in [2.05, 4.69) is 17.2 Å². The average molecular weight is 262 g/mol. The number of nitrogens with two attached hydrogens (primary N) is 2. The van der Waals surface area contributed by atoms with E-state index in [1.54, 1.807) is 6.07 Å². The number of pyridine rings is 1. The lowest BCUT2D eigenvalue weighted by Crippen LogP contribution is -2.21. The normalized spacial score (nSPS) is 23.0. The summed E-state index contributed by atoms with van der Waals surface area (Å²) in [6.45, 7) is 3.20. The van der Waals surface area contributed by atoms with E-state index in [0.717, 1.165) is 12.5 Å². The molecule has 0 unspecified atom stereocenters. The van der Waals surface area contributed by atoms with Crippen molar-refractivity contribution >= 4 is 17.4 Å². The molecule has 0 saturated heterocycles. The van der Waals surface area contributed by atoms with Gasteiger partial charge in [-0.15, -0.1) is 0 Å². The summed E-state index contributed by atoms with van der Waals surface area (Å²) in [6.07, 6.45) is 6.59. The molecule has 1 saturated carbocycles. The fourth-order valence-corrected chi connectivity index (χ4v) is 2.56. The molecular weight excluding hydrogens is 240 g/mol. The predicted octanol–water partition coefficient (Wildman–Crippen LogP) is 2.00. The quantitative estimate of drug-likeness (QED) is 0.773. The number of amides is 1. The van der Waals surface area contributed by atoms with Crippen molar-refractivity contribution in [3.63, 3.8) is 0 Å². The van der Waals surface area contributed by atoms with Crippen LogP contribution in [0, 0.1) is 11.8 Å². The van der Waals surface area contributed by atoms with Gasteiger partial charge >= 0.3 is 0 Å². The molecule has 5 heteroatoms. The molecule has 0 radical (unpaired) electrons. The van der Waals surface area contributed by atoms with E-state index in [1.165, 1.54) is 31.9 Å². The number of carbonyl (C=O) groups is 1. The molecule has 1 aromatic heterocycles. The lowest BCUT2D eigenvalue weighted by molar-refractivity contribution is 0.100. The Morgan fingerprint density at radius 2 is 2.11 bits per heavy atom. The van der Waals surface area contributed by atoms with E-state index in [-0.39, 0.29) is 0 Å². The number of primary amides is 1. The van der Waals surface area contributed by atoms with E-state index in [4.69, 9.17) is 11.5 Å². The van der Waals surface area contributed by atoms with Crippen molar-refractivity contribution in [2.45, 2.75) is 32.6 Å². The third kappa shape index (κ3) is 3.59. The zero-order valence-corrected chi connectivity index (χ0v) is 11.4. The fourth-order valence-electron chi connectivity index (χ4n) is 2.56. The molecular formula is C14H22N4O. The first kappa shape index (κ1) is 13.6. The maximum atomic E-state index is 11.2. The number of aromatic nitrogens is 1. The van der Waals surface area contributed by atoms with Crippen molar-refractivity contribution in [3.05, 3.63) is 17.8 Å². The van der Waals surface area contributed by atoms with Gasteiger partial charge in [0.25, 0.3) is 5.91 Å². The number of nitrogens with zero attached hydrogens (tertiary/aromatic N) is 1. The van der Waals surface area contributed by atoms with Gasteiger partial charge in [0.15, 0.2) is 0 Å². The van der Waals surface area contributed by atoms with Crippen LogP contribution in [-0.4, -0.2) is 17.4 Å². The molecule has 1 amide bonds. The largest absolute Gasteiger partial charge is 0.397 e. The Hall–Kier alpha value is -1.78. The highest BCUT2D eigenvalue weighted by molar-refractivity contribution is 5.98. The molecule has 5 N–H and O–H groups in total. The van der Waals surface area contributed by atoms with Crippen LogP contribution in [0.1, 0.15) is 43.0 Å². The molecule has 0 aromatic carbocycles. The monoisotopic (exact) mass is 262 g/mol. The smallest absolute Gasteiger partial charge is 0.250 e. The summed E-state index contributed by atoms with van der Waals surface area (Å²) < 4.78 is 0. The Kier molecular flexibility index (Phi) is 4.24. The minimum Gasteiger partial charge on any atom is -0.397 e. The van der Waals surface area contributed by atoms with Crippen molar-refractivity contribution in [2.75, 3.05) is 17.6 Å². The van der Waals surface area contributed by atoms with Gasteiger partial charge in [0, 0.05) is 6.54 Å². The number of anilines is 2. The zero-order chi connectivity index (χ0) is 13.8. The van der Waals surface area contributed by atoms with Crippen LogP contribution in [-0.2, 0) is 0 Å². The lowest BCUT2D eigenvalue weighted by atomic mass is 9.83. The predicted molar refractivity (Wildman–Crippen MR) is 76.8 cm³/mol. The molecule has 104 valence electrons. The van der Waals surface area contributed by atoms with Crippen LogP contribution in [0.4, 0.5) is 11.5 Å². The van der Waals surface area contributed by atoms with Gasteiger partial charge in [-0.05, 0) is 30.7 Å². The lowest BCUT2D eigenvalue weighted by Gasteiger charge is -2.26. The topological polar surface area (TPSA) is 94.0 Å². The van der Waals surface area contributed by atoms with Gasteiger partial charge in [0.05, 0.1) is 17.4 Å². The SMILES string of the molecule is CC1CCC(CNc2cc(C(N)=O)c(N)cn2)CC1. The average Bonchev–Trinajstić information content (AvgIpc) is 2.39. The van der Waals surface area contributed by atoms with Crippen molar-refractivity contribution in [3.8, 4) is 0 Å². The summed E-state index contributed by atoms with van der Waals surface area (Å²) in [4.78, 5) is 15.4. The van der Waals surface area contributed by atoms with Crippen molar-refractivity contribution in [1.29, 1.82) is 0 Å². The number of nitrogens with one attached hydrogen (secondary N) is 1. The minimum absolute atomic E-state index is 0.324. The van der Waals surface area contributed by atoms with Crippen LogP contribution in [0.2, 0.25) is 0 Å². The first-order valence-corrected chi connectivity index (χ1v) is 6.85. The maximum absolute atomic E-state index is 11.2. The molecule has 1 aliphatic rings. The van der Waals surface area contributed by atoms with E-state index >= 15 is 0 Å². The molecule has 5 nitrogen and oxygen atoms in total. The van der Waals surface area contributed by atoms with Crippen LogP contribution in [0.15, 0.2) is 12.3 Å². The maximum Gasteiger partial charge on any atom is 0.250 e. The highest BCUT2D eigenvalue weighted by atomic mass is 16.1. The second kappa shape index (κ2) is 5.91. The molecule has 0 spiro atoms. The summed E-state index contributed by atoms with van der Waals surface area (Å²) in [5, 5.41) is 3.28. The summed E-state index contributed by atoms with van der Waals surface area (Å²) in [7, 11) is 0. The second-order valence-electron chi connectivity index (χ2n) is 5.53. The van der Waals surface area contributed by atoms with Gasteiger partial charge in [-0.1, -0.05) is 19.8 Å². The van der Waals surface area contributed by atoms with Gasteiger partial charge in [-0.25, -0.2) is 4.98 Å². The third-order valence-corrected chi connectivity index (χ3v) is 3.91. The van der Waals surface area contributed by atoms with E-state index in [1.807, 2.05) is 0 Å². The van der Waals surface area contributed by atoms with Gasteiger partial charge in [-0.3, -0.25) is 4.79 Å². The number of hydrogen-bond donors (Lipinski definition) is 3. The third-order valence-electron chi connectivity index (χ3n) is 3.91. The van der Waals surface area contributed by atoms with E-state index in [0.29, 0.717) is 23.0 Å². The van der Waals surface area contributed by atoms with E-state index in [9.17, 15) is 4.79 Å². The standard InChI is InChI=1S/C14H22N4O/c1-9-2-4-10(5-3-9)7-17-13-6-11(14(16)19)12(15)8-18-13/h6,8-10H,2-5,7,15H2,1H3,(H2,16,19)(H,17,18). The second-order valence-corrected chi connectivity index (χ2v) is 5.53. The van der Waals surface area contributed by atoms with Crippen LogP contribution >= 0.6 is 0 Å². The van der Waals surface area contributed by atoms with Crippen LogP contribution in [0.5, 0.6) is 0 Å². The summed E-state index contributed by atoms with van der Waals surface area (Å²) in [5.74, 6) is 1.69. The van der Waals surface area contributed by atoms with Crippen LogP contribution < -0.4 is 16.8 Å². The summed E-state index contributed by atoms with van der Waals surface area (Å²) >= 11 is 0. The number of nitrogen functional groups attached to an aromatic ring is 1. The van der Waals surface area contributed by atoms with Crippen molar-refractivity contribution < 1.29 is 4.79 Å². The van der Waals surface area contributed by atoms with Crippen LogP contribution in [0.3, 0.4) is 0 Å². The molecule has 1 fully saturated rings. The van der Waals surface area contributed by atoms with Gasteiger partial charge in [0.1, 0.15) is 5.82 Å². The molecule has 19 heavy (non-hydrogen) atoms. The Morgan fingerprint density at radius 3 is 2.74 bits per heavy atom. The molecule has 0 atom stereocenters. The highest BCUT2D eigenvalue weighted by Crippen LogP contribution is 2.28. The Bertz CT molecular complexity index is 453. The molecule has 1 aromatic rings. The summed E-state index contributed by atoms with van der Waals surface area (Å²) in [6, 6.07) is 1.63. The molecule has 1 aliphatic carbocycles. The summed E-state index contributed by atoms with van der Waals surface area (Å²) in [5.41, 5.74) is 11.6.